The lowest BCUT2D eigenvalue weighted by Gasteiger charge is -2.33. The summed E-state index contributed by atoms with van der Waals surface area (Å²) in [7, 11) is 2.24. The van der Waals surface area contributed by atoms with Crippen LogP contribution < -0.4 is 5.32 Å². The minimum atomic E-state index is 0.650. The van der Waals surface area contributed by atoms with Gasteiger partial charge in [0.05, 0.1) is 6.54 Å². The third kappa shape index (κ3) is 3.64. The molecular weight excluding hydrogens is 260 g/mol. The number of hydrogen-bond donors (Lipinski definition) is 1. The second kappa shape index (κ2) is 6.76. The van der Waals surface area contributed by atoms with Crippen LogP contribution in [0.4, 0.5) is 5.69 Å². The molecule has 1 aliphatic rings. The maximum atomic E-state index is 4.30. The molecular formula is C17H24N4. The van der Waals surface area contributed by atoms with E-state index in [1.807, 2.05) is 23.1 Å². The van der Waals surface area contributed by atoms with Gasteiger partial charge >= 0.3 is 0 Å². The van der Waals surface area contributed by atoms with Crippen molar-refractivity contribution >= 4 is 5.69 Å². The van der Waals surface area contributed by atoms with Crippen LogP contribution in [0.5, 0.6) is 0 Å². The first-order valence-corrected chi connectivity index (χ1v) is 7.82. The molecule has 1 aromatic heterocycles. The minimum Gasteiger partial charge on any atom is -0.383 e. The van der Waals surface area contributed by atoms with E-state index < -0.39 is 0 Å². The Balaban J connectivity index is 1.64. The van der Waals surface area contributed by atoms with Crippen LogP contribution in [-0.2, 0) is 6.54 Å². The molecule has 1 saturated heterocycles. The molecule has 3 rings (SSSR count). The van der Waals surface area contributed by atoms with Gasteiger partial charge in [0.1, 0.15) is 0 Å². The maximum absolute atomic E-state index is 4.30. The Hall–Kier alpha value is -1.81. The van der Waals surface area contributed by atoms with Crippen molar-refractivity contribution in [1.29, 1.82) is 0 Å². The number of hydrogen-bond acceptors (Lipinski definition) is 3. The van der Waals surface area contributed by atoms with E-state index >= 15 is 0 Å². The van der Waals surface area contributed by atoms with Gasteiger partial charge in [-0.05, 0) is 44.1 Å². The molecule has 1 aliphatic heterocycles. The number of benzene rings is 1. The van der Waals surface area contributed by atoms with Crippen molar-refractivity contribution in [1.82, 2.24) is 14.7 Å². The molecule has 21 heavy (non-hydrogen) atoms. The summed E-state index contributed by atoms with van der Waals surface area (Å²) in [6.07, 6.45) is 7.82. The van der Waals surface area contributed by atoms with E-state index in [0.29, 0.717) is 6.04 Å². The van der Waals surface area contributed by atoms with E-state index in [1.165, 1.54) is 37.1 Å². The van der Waals surface area contributed by atoms with Gasteiger partial charge in [0.15, 0.2) is 0 Å². The molecule has 0 radical (unpaired) electrons. The van der Waals surface area contributed by atoms with Crippen LogP contribution in [0.25, 0.3) is 0 Å². The molecule has 112 valence electrons. The molecule has 4 heteroatoms. The second-order valence-electron chi connectivity index (χ2n) is 5.87. The Kier molecular flexibility index (Phi) is 4.55. The predicted octanol–water partition coefficient (Wildman–Crippen LogP) is 2.83. The summed E-state index contributed by atoms with van der Waals surface area (Å²) in [4.78, 5) is 2.48. The number of nitrogens with zero attached hydrogens (tertiary/aromatic N) is 3. The average molecular weight is 284 g/mol. The number of aromatic nitrogens is 2. The summed E-state index contributed by atoms with van der Waals surface area (Å²) in [5, 5.41) is 7.94. The van der Waals surface area contributed by atoms with Crippen LogP contribution in [0.3, 0.4) is 0 Å². The highest BCUT2D eigenvalue weighted by atomic mass is 15.3. The fourth-order valence-corrected chi connectivity index (χ4v) is 3.03. The fraction of sp³-hybridized carbons (Fsp3) is 0.471. The number of anilines is 1. The van der Waals surface area contributed by atoms with Gasteiger partial charge in [-0.15, -0.1) is 0 Å². The van der Waals surface area contributed by atoms with Crippen molar-refractivity contribution in [2.75, 3.05) is 25.5 Å². The quantitative estimate of drug-likeness (QED) is 0.916. The fourth-order valence-electron chi connectivity index (χ4n) is 3.03. The van der Waals surface area contributed by atoms with Crippen LogP contribution >= 0.6 is 0 Å². The van der Waals surface area contributed by atoms with E-state index in [0.717, 1.165) is 13.1 Å². The number of piperidine rings is 1. The SMILES string of the molecule is CN1CCCCC1CNc1ccccc1Cn1cccn1. The van der Waals surface area contributed by atoms with E-state index in [2.05, 4.69) is 46.6 Å². The smallest absolute Gasteiger partial charge is 0.0679 e. The molecule has 1 fully saturated rings. The van der Waals surface area contributed by atoms with Crippen LogP contribution in [0.2, 0.25) is 0 Å². The largest absolute Gasteiger partial charge is 0.383 e. The Morgan fingerprint density at radius 2 is 2.14 bits per heavy atom. The van der Waals surface area contributed by atoms with Gasteiger partial charge in [0.25, 0.3) is 0 Å². The van der Waals surface area contributed by atoms with Gasteiger partial charge in [-0.1, -0.05) is 24.6 Å². The molecule has 0 saturated carbocycles. The molecule has 0 bridgehead atoms. The van der Waals surface area contributed by atoms with Crippen LogP contribution in [0, 0.1) is 0 Å². The van der Waals surface area contributed by atoms with Gasteiger partial charge in [-0.25, -0.2) is 0 Å². The summed E-state index contributed by atoms with van der Waals surface area (Å²) < 4.78 is 1.97. The molecule has 0 spiro atoms. The lowest BCUT2D eigenvalue weighted by atomic mass is 10.0. The van der Waals surface area contributed by atoms with Crippen molar-refractivity contribution in [2.24, 2.45) is 0 Å². The molecule has 4 nitrogen and oxygen atoms in total. The first kappa shape index (κ1) is 14.1. The molecule has 0 aliphatic carbocycles. The second-order valence-corrected chi connectivity index (χ2v) is 5.87. The van der Waals surface area contributed by atoms with Gasteiger partial charge in [0, 0.05) is 30.7 Å². The van der Waals surface area contributed by atoms with Crippen molar-refractivity contribution in [3.8, 4) is 0 Å². The zero-order valence-corrected chi connectivity index (χ0v) is 12.7. The lowest BCUT2D eigenvalue weighted by Crippen LogP contribution is -2.40. The topological polar surface area (TPSA) is 33.1 Å². The minimum absolute atomic E-state index is 0.650. The van der Waals surface area contributed by atoms with E-state index in [-0.39, 0.29) is 0 Å². The predicted molar refractivity (Wildman–Crippen MR) is 86.5 cm³/mol. The Bertz CT molecular complexity index is 550. The Labute approximate surface area is 126 Å². The zero-order chi connectivity index (χ0) is 14.5. The summed E-state index contributed by atoms with van der Waals surface area (Å²) in [5.41, 5.74) is 2.52. The average Bonchev–Trinajstić information content (AvgIpc) is 3.01. The van der Waals surface area contributed by atoms with Crippen LogP contribution in [0.1, 0.15) is 24.8 Å². The molecule has 2 heterocycles. The highest BCUT2D eigenvalue weighted by Crippen LogP contribution is 2.19. The molecule has 2 aromatic rings. The van der Waals surface area contributed by atoms with Crippen molar-refractivity contribution in [3.63, 3.8) is 0 Å². The third-order valence-electron chi connectivity index (χ3n) is 4.36. The summed E-state index contributed by atoms with van der Waals surface area (Å²) >= 11 is 0. The highest BCUT2D eigenvalue weighted by molar-refractivity contribution is 5.51. The zero-order valence-electron chi connectivity index (χ0n) is 12.7. The van der Waals surface area contributed by atoms with Gasteiger partial charge in [-0.2, -0.15) is 5.10 Å². The number of likely N-dealkylation sites (tertiary alicyclic amines) is 1. The molecule has 1 unspecified atom stereocenters. The van der Waals surface area contributed by atoms with Crippen molar-refractivity contribution in [2.45, 2.75) is 31.8 Å². The molecule has 1 atom stereocenters. The maximum Gasteiger partial charge on any atom is 0.0679 e. The summed E-state index contributed by atoms with van der Waals surface area (Å²) in [5.74, 6) is 0. The summed E-state index contributed by atoms with van der Waals surface area (Å²) in [6, 6.07) is 11.1. The van der Waals surface area contributed by atoms with Crippen molar-refractivity contribution in [3.05, 3.63) is 48.3 Å². The van der Waals surface area contributed by atoms with Crippen LogP contribution in [0.15, 0.2) is 42.7 Å². The normalized spacial score (nSPS) is 19.6. The van der Waals surface area contributed by atoms with E-state index in [1.54, 1.807) is 0 Å². The molecule has 0 amide bonds. The first-order chi connectivity index (χ1) is 10.3. The van der Waals surface area contributed by atoms with Gasteiger partial charge < -0.3 is 10.2 Å². The molecule has 1 N–H and O–H groups in total. The Morgan fingerprint density at radius 3 is 2.95 bits per heavy atom. The summed E-state index contributed by atoms with van der Waals surface area (Å²) in [6.45, 7) is 3.06. The van der Waals surface area contributed by atoms with E-state index in [4.69, 9.17) is 0 Å². The number of nitrogens with one attached hydrogen (secondary N) is 1. The first-order valence-electron chi connectivity index (χ1n) is 7.82. The number of likely N-dealkylation sites (N-methyl/N-ethyl adjacent to an activating group) is 1. The third-order valence-corrected chi connectivity index (χ3v) is 4.36. The monoisotopic (exact) mass is 284 g/mol. The van der Waals surface area contributed by atoms with Crippen LogP contribution in [-0.4, -0.2) is 40.9 Å². The number of rotatable bonds is 5. The van der Waals surface area contributed by atoms with Gasteiger partial charge in [-0.3, -0.25) is 4.68 Å². The van der Waals surface area contributed by atoms with E-state index in [9.17, 15) is 0 Å². The lowest BCUT2D eigenvalue weighted by molar-refractivity contribution is 0.194. The number of para-hydroxylation sites is 1. The Morgan fingerprint density at radius 1 is 1.24 bits per heavy atom. The van der Waals surface area contributed by atoms with Crippen molar-refractivity contribution < 1.29 is 0 Å². The molecule has 1 aromatic carbocycles. The highest BCUT2D eigenvalue weighted by Gasteiger charge is 2.18. The van der Waals surface area contributed by atoms with Gasteiger partial charge in [0.2, 0.25) is 0 Å². The standard InChI is InChI=1S/C17H24N4/c1-20-11-5-4-8-16(20)13-18-17-9-3-2-7-15(17)14-21-12-6-10-19-21/h2-3,6-7,9-10,12,16,18H,4-5,8,11,13-14H2,1H3.